The number of rotatable bonds is 2. The zero-order chi connectivity index (χ0) is 14.7. The molecule has 0 aromatic heterocycles. The van der Waals surface area contributed by atoms with Crippen molar-refractivity contribution in [2.75, 3.05) is 5.32 Å². The normalized spacial score (nSPS) is 10.2. The summed E-state index contributed by atoms with van der Waals surface area (Å²) in [5.74, 6) is 0.344. The number of halogens is 4. The van der Waals surface area contributed by atoms with Gasteiger partial charge in [0.15, 0.2) is 0 Å². The summed E-state index contributed by atoms with van der Waals surface area (Å²) in [4.78, 5) is 11.8. The summed E-state index contributed by atoms with van der Waals surface area (Å²) in [6.45, 7) is 0. The van der Waals surface area contributed by atoms with E-state index in [1.165, 1.54) is 6.07 Å². The quantitative estimate of drug-likeness (QED) is 0.675. The predicted octanol–water partition coefficient (Wildman–Crippen LogP) is 6.02. The van der Waals surface area contributed by atoms with Gasteiger partial charge in [-0.1, -0.05) is 34.8 Å². The molecule has 0 aliphatic heterocycles. The first-order chi connectivity index (χ1) is 9.45. The van der Waals surface area contributed by atoms with Crippen molar-refractivity contribution in [2.24, 2.45) is 0 Å². The SMILES string of the molecule is O=C(Nc1ccc(Cl)cc1Cl)Oc1ccc(Cl)cc1Br. The first-order valence-corrected chi connectivity index (χ1v) is 7.27. The Morgan fingerprint density at radius 2 is 1.70 bits per heavy atom. The van der Waals surface area contributed by atoms with E-state index in [9.17, 15) is 4.79 Å². The van der Waals surface area contributed by atoms with Crippen LogP contribution in [0.1, 0.15) is 0 Å². The van der Waals surface area contributed by atoms with Gasteiger partial charge < -0.3 is 4.74 Å². The van der Waals surface area contributed by atoms with Crippen molar-refractivity contribution in [2.45, 2.75) is 0 Å². The second-order valence-electron chi connectivity index (χ2n) is 3.71. The fourth-order valence-electron chi connectivity index (χ4n) is 1.38. The van der Waals surface area contributed by atoms with Gasteiger partial charge in [0, 0.05) is 10.0 Å². The van der Waals surface area contributed by atoms with E-state index in [1.807, 2.05) is 0 Å². The molecular weight excluding hydrogens is 388 g/mol. The molecule has 1 N–H and O–H groups in total. The van der Waals surface area contributed by atoms with Gasteiger partial charge in [-0.25, -0.2) is 4.79 Å². The molecule has 20 heavy (non-hydrogen) atoms. The van der Waals surface area contributed by atoms with Crippen molar-refractivity contribution >= 4 is 62.5 Å². The van der Waals surface area contributed by atoms with Crippen molar-refractivity contribution in [1.29, 1.82) is 0 Å². The molecule has 0 radical (unpaired) electrons. The number of nitrogens with one attached hydrogen (secondary N) is 1. The number of carbonyl (C=O) groups is 1. The molecule has 2 aromatic rings. The van der Waals surface area contributed by atoms with Gasteiger partial charge in [0.2, 0.25) is 0 Å². The lowest BCUT2D eigenvalue weighted by molar-refractivity contribution is 0.215. The van der Waals surface area contributed by atoms with E-state index < -0.39 is 6.09 Å². The first kappa shape index (κ1) is 15.4. The third-order valence-corrected chi connectivity index (χ3v) is 3.67. The van der Waals surface area contributed by atoms with Gasteiger partial charge in [0.25, 0.3) is 0 Å². The molecule has 0 fully saturated rings. The Bertz CT molecular complexity index is 609. The number of amides is 1. The molecule has 104 valence electrons. The molecule has 3 nitrogen and oxygen atoms in total. The number of ether oxygens (including phenoxy) is 1. The van der Waals surface area contributed by atoms with Crippen LogP contribution in [-0.2, 0) is 0 Å². The van der Waals surface area contributed by atoms with Gasteiger partial charge in [-0.15, -0.1) is 0 Å². The predicted molar refractivity (Wildman–Crippen MR) is 85.3 cm³/mol. The third-order valence-electron chi connectivity index (χ3n) is 2.26. The molecule has 0 unspecified atom stereocenters. The van der Waals surface area contributed by atoms with Gasteiger partial charge in [-0.05, 0) is 52.3 Å². The summed E-state index contributed by atoms with van der Waals surface area (Å²) in [5, 5.41) is 3.86. The highest BCUT2D eigenvalue weighted by molar-refractivity contribution is 9.10. The van der Waals surface area contributed by atoms with Crippen LogP contribution in [0.5, 0.6) is 5.75 Å². The number of carbonyl (C=O) groups excluding carboxylic acids is 1. The molecule has 0 saturated carbocycles. The maximum absolute atomic E-state index is 11.8. The van der Waals surface area contributed by atoms with Crippen LogP contribution >= 0.6 is 50.7 Å². The van der Waals surface area contributed by atoms with Crippen molar-refractivity contribution in [3.63, 3.8) is 0 Å². The molecule has 0 aliphatic carbocycles. The Kier molecular flexibility index (Phi) is 5.16. The monoisotopic (exact) mass is 393 g/mol. The van der Waals surface area contributed by atoms with E-state index in [2.05, 4.69) is 21.2 Å². The highest BCUT2D eigenvalue weighted by Crippen LogP contribution is 2.29. The zero-order valence-corrected chi connectivity index (χ0v) is 13.6. The van der Waals surface area contributed by atoms with Crippen LogP contribution in [0.4, 0.5) is 10.5 Å². The average molecular weight is 395 g/mol. The van der Waals surface area contributed by atoms with Crippen molar-refractivity contribution in [1.82, 2.24) is 0 Å². The molecule has 0 aliphatic rings. The number of anilines is 1. The maximum Gasteiger partial charge on any atom is 0.417 e. The van der Waals surface area contributed by atoms with E-state index >= 15 is 0 Å². The maximum atomic E-state index is 11.8. The first-order valence-electron chi connectivity index (χ1n) is 5.34. The summed E-state index contributed by atoms with van der Waals surface area (Å²) in [6, 6.07) is 9.54. The lowest BCUT2D eigenvalue weighted by Crippen LogP contribution is -2.17. The van der Waals surface area contributed by atoms with Crippen LogP contribution in [0.2, 0.25) is 15.1 Å². The Morgan fingerprint density at radius 3 is 2.35 bits per heavy atom. The summed E-state index contributed by atoms with van der Waals surface area (Å²) >= 11 is 20.8. The minimum absolute atomic E-state index is 0.324. The standard InChI is InChI=1S/C13H7BrCl3NO2/c14-9-5-7(15)2-4-12(9)20-13(19)18-11-3-1-8(16)6-10(11)17/h1-6H,(H,18,19). The van der Waals surface area contributed by atoms with Gasteiger partial charge in [0.05, 0.1) is 15.2 Å². The fourth-order valence-corrected chi connectivity index (χ4v) is 2.60. The highest BCUT2D eigenvalue weighted by atomic mass is 79.9. The molecule has 2 rings (SSSR count). The second kappa shape index (κ2) is 6.68. The molecule has 0 heterocycles. The van der Waals surface area contributed by atoms with Crippen LogP contribution in [-0.4, -0.2) is 6.09 Å². The molecule has 0 bridgehead atoms. The Morgan fingerprint density at radius 1 is 1.05 bits per heavy atom. The molecule has 1 amide bonds. The number of hydrogen-bond acceptors (Lipinski definition) is 2. The van der Waals surface area contributed by atoms with Crippen molar-refractivity contribution in [3.05, 3.63) is 55.9 Å². The highest BCUT2D eigenvalue weighted by Gasteiger charge is 2.10. The summed E-state index contributed by atoms with van der Waals surface area (Å²) in [5.41, 5.74) is 0.408. The topological polar surface area (TPSA) is 38.3 Å². The number of benzene rings is 2. The molecule has 0 spiro atoms. The van der Waals surface area contributed by atoms with Crippen LogP contribution < -0.4 is 10.1 Å². The minimum atomic E-state index is -0.669. The van der Waals surface area contributed by atoms with Gasteiger partial charge in [-0.2, -0.15) is 0 Å². The summed E-state index contributed by atoms with van der Waals surface area (Å²) in [6.07, 6.45) is -0.669. The van der Waals surface area contributed by atoms with E-state index in [0.29, 0.717) is 31.0 Å². The largest absolute Gasteiger partial charge is 0.417 e. The van der Waals surface area contributed by atoms with Gasteiger partial charge in [-0.3, -0.25) is 5.32 Å². The Balaban J connectivity index is 2.09. The lowest BCUT2D eigenvalue weighted by atomic mass is 10.3. The Hall–Kier alpha value is -0.940. The van der Waals surface area contributed by atoms with Crippen molar-refractivity contribution in [3.8, 4) is 5.75 Å². The molecule has 7 heteroatoms. The Labute approximate surface area is 138 Å². The van der Waals surface area contributed by atoms with E-state index in [0.717, 1.165) is 0 Å². The smallest absolute Gasteiger partial charge is 0.409 e. The van der Waals surface area contributed by atoms with Crippen LogP contribution in [0.15, 0.2) is 40.9 Å². The van der Waals surface area contributed by atoms with Crippen LogP contribution in [0.3, 0.4) is 0 Å². The number of hydrogen-bond donors (Lipinski definition) is 1. The summed E-state index contributed by atoms with van der Waals surface area (Å²) in [7, 11) is 0. The van der Waals surface area contributed by atoms with Crippen LogP contribution in [0.25, 0.3) is 0 Å². The molecule has 2 aromatic carbocycles. The average Bonchev–Trinajstić information content (AvgIpc) is 2.36. The van der Waals surface area contributed by atoms with Gasteiger partial charge in [0.1, 0.15) is 5.75 Å². The molecular formula is C13H7BrCl3NO2. The second-order valence-corrected chi connectivity index (χ2v) is 5.85. The van der Waals surface area contributed by atoms with Crippen LogP contribution in [0, 0.1) is 0 Å². The molecule has 0 atom stereocenters. The van der Waals surface area contributed by atoms with E-state index in [-0.39, 0.29) is 0 Å². The zero-order valence-electron chi connectivity index (χ0n) is 9.79. The van der Waals surface area contributed by atoms with E-state index in [1.54, 1.807) is 30.3 Å². The van der Waals surface area contributed by atoms with Gasteiger partial charge >= 0.3 is 6.09 Å². The molecule has 0 saturated heterocycles. The van der Waals surface area contributed by atoms with E-state index in [4.69, 9.17) is 39.5 Å². The third kappa shape index (κ3) is 4.03. The fraction of sp³-hybridized carbons (Fsp3) is 0. The summed E-state index contributed by atoms with van der Waals surface area (Å²) < 4.78 is 5.71. The van der Waals surface area contributed by atoms with Crippen molar-refractivity contribution < 1.29 is 9.53 Å². The lowest BCUT2D eigenvalue weighted by Gasteiger charge is -2.09. The minimum Gasteiger partial charge on any atom is -0.409 e.